The molecule has 3 nitrogen and oxygen atoms in total. The molecule has 0 saturated carbocycles. The molecule has 1 atom stereocenters. The van der Waals surface area contributed by atoms with Gasteiger partial charge in [0.25, 0.3) is 0 Å². The van der Waals surface area contributed by atoms with Gasteiger partial charge < -0.3 is 15.0 Å². The van der Waals surface area contributed by atoms with Gasteiger partial charge >= 0.3 is 0 Å². The number of nitrogens with zero attached hydrogens (tertiary/aromatic N) is 1. The van der Waals surface area contributed by atoms with Crippen molar-refractivity contribution in [1.29, 1.82) is 0 Å². The van der Waals surface area contributed by atoms with E-state index in [1.54, 1.807) is 0 Å². The van der Waals surface area contributed by atoms with Crippen LogP contribution in [0.15, 0.2) is 22.7 Å². The minimum Gasteiger partial charge on any atom is -0.380 e. The number of likely N-dealkylation sites (N-methyl/N-ethyl adjacent to an activating group) is 1. The Labute approximate surface area is 142 Å². The van der Waals surface area contributed by atoms with Gasteiger partial charge in [-0.3, -0.25) is 0 Å². The Morgan fingerprint density at radius 3 is 2.67 bits per heavy atom. The number of hydrogen-bond donors (Lipinski definition) is 1. The molecule has 0 aliphatic heterocycles. The molecule has 0 fully saturated rings. The van der Waals surface area contributed by atoms with Gasteiger partial charge in [0.2, 0.25) is 0 Å². The highest BCUT2D eigenvalue weighted by Crippen LogP contribution is 2.28. The number of halogens is 2. The molecule has 1 aromatic carbocycles. The first-order valence-electron chi connectivity index (χ1n) is 7.54. The summed E-state index contributed by atoms with van der Waals surface area (Å²) in [5.74, 6) is 0. The van der Waals surface area contributed by atoms with Crippen LogP contribution in [0, 0.1) is 0 Å². The van der Waals surface area contributed by atoms with Gasteiger partial charge in [0, 0.05) is 35.2 Å². The van der Waals surface area contributed by atoms with Gasteiger partial charge in [0.1, 0.15) is 0 Å². The van der Waals surface area contributed by atoms with Crippen LogP contribution in [0.3, 0.4) is 0 Å². The van der Waals surface area contributed by atoms with E-state index in [1.165, 1.54) is 0 Å². The second kappa shape index (κ2) is 10.6. The minimum atomic E-state index is 0.270. The van der Waals surface area contributed by atoms with Crippen molar-refractivity contribution < 1.29 is 4.74 Å². The van der Waals surface area contributed by atoms with E-state index >= 15 is 0 Å². The molecular formula is C16H26BrClN2O. The van der Waals surface area contributed by atoms with Crippen LogP contribution in [0.5, 0.6) is 0 Å². The van der Waals surface area contributed by atoms with E-state index in [0.29, 0.717) is 0 Å². The van der Waals surface area contributed by atoms with Crippen molar-refractivity contribution in [3.05, 3.63) is 33.3 Å². The predicted octanol–water partition coefficient (Wildman–Crippen LogP) is 4.11. The maximum Gasteiger partial charge on any atom is 0.0593 e. The zero-order valence-corrected chi connectivity index (χ0v) is 15.5. The lowest BCUT2D eigenvalue weighted by atomic mass is 10.0. The van der Waals surface area contributed by atoms with Crippen molar-refractivity contribution in [1.82, 2.24) is 10.2 Å². The molecule has 0 aliphatic carbocycles. The standard InChI is InChI=1S/C16H26BrClN2O/c1-4-20(10-11-21-5-2)9-8-16(19-3)14-7-6-13(17)12-15(14)18/h6-7,12,16,19H,4-5,8-11H2,1-3H3. The smallest absolute Gasteiger partial charge is 0.0593 e. The highest BCUT2D eigenvalue weighted by molar-refractivity contribution is 9.10. The van der Waals surface area contributed by atoms with Crippen LogP contribution in [-0.4, -0.2) is 44.8 Å². The molecule has 5 heteroatoms. The molecule has 0 bridgehead atoms. The lowest BCUT2D eigenvalue weighted by Crippen LogP contribution is -2.31. The predicted molar refractivity (Wildman–Crippen MR) is 94.2 cm³/mol. The molecular weight excluding hydrogens is 352 g/mol. The molecule has 0 saturated heterocycles. The van der Waals surface area contributed by atoms with E-state index in [4.69, 9.17) is 16.3 Å². The summed E-state index contributed by atoms with van der Waals surface area (Å²) in [5.41, 5.74) is 1.16. The quantitative estimate of drug-likeness (QED) is 0.621. The minimum absolute atomic E-state index is 0.270. The van der Waals surface area contributed by atoms with Gasteiger partial charge in [-0.15, -0.1) is 0 Å². The Morgan fingerprint density at radius 1 is 1.33 bits per heavy atom. The number of ether oxygens (including phenoxy) is 1. The summed E-state index contributed by atoms with van der Waals surface area (Å²) in [6, 6.07) is 6.35. The first-order valence-corrected chi connectivity index (χ1v) is 8.71. The molecule has 1 aromatic rings. The Morgan fingerprint density at radius 2 is 2.10 bits per heavy atom. The number of hydrogen-bond acceptors (Lipinski definition) is 3. The van der Waals surface area contributed by atoms with E-state index in [2.05, 4.69) is 39.1 Å². The SMILES string of the molecule is CCOCCN(CC)CCC(NC)c1ccc(Br)cc1Cl. The second-order valence-electron chi connectivity index (χ2n) is 4.93. The summed E-state index contributed by atoms with van der Waals surface area (Å²) >= 11 is 9.80. The molecule has 0 aliphatic rings. The van der Waals surface area contributed by atoms with Gasteiger partial charge in [-0.25, -0.2) is 0 Å². The zero-order chi connectivity index (χ0) is 15.7. The Balaban J connectivity index is 2.56. The fraction of sp³-hybridized carbons (Fsp3) is 0.625. The fourth-order valence-corrected chi connectivity index (χ4v) is 3.12. The maximum absolute atomic E-state index is 6.35. The number of nitrogens with one attached hydrogen (secondary N) is 1. The molecule has 0 aromatic heterocycles. The van der Waals surface area contributed by atoms with Crippen LogP contribution in [-0.2, 0) is 4.74 Å². The first-order chi connectivity index (χ1) is 10.1. The van der Waals surface area contributed by atoms with E-state index in [-0.39, 0.29) is 6.04 Å². The lowest BCUT2D eigenvalue weighted by molar-refractivity contribution is 0.113. The average Bonchev–Trinajstić information content (AvgIpc) is 2.47. The summed E-state index contributed by atoms with van der Waals surface area (Å²) in [7, 11) is 1.99. The normalized spacial score (nSPS) is 12.9. The molecule has 1 N–H and O–H groups in total. The summed E-state index contributed by atoms with van der Waals surface area (Å²) in [6.45, 7) is 8.85. The third-order valence-corrected chi connectivity index (χ3v) is 4.44. The Bertz CT molecular complexity index is 417. The molecule has 1 unspecified atom stereocenters. The molecule has 0 spiro atoms. The first kappa shape index (κ1) is 18.9. The van der Waals surface area contributed by atoms with Crippen molar-refractivity contribution in [3.63, 3.8) is 0 Å². The third kappa shape index (κ3) is 6.66. The van der Waals surface area contributed by atoms with Gasteiger partial charge in [0.05, 0.1) is 6.61 Å². The van der Waals surface area contributed by atoms with Gasteiger partial charge in [-0.1, -0.05) is 40.5 Å². The van der Waals surface area contributed by atoms with E-state index in [0.717, 1.165) is 54.3 Å². The van der Waals surface area contributed by atoms with Gasteiger partial charge in [0.15, 0.2) is 0 Å². The fourth-order valence-electron chi connectivity index (χ4n) is 2.32. The summed E-state index contributed by atoms with van der Waals surface area (Å²) in [5, 5.41) is 4.17. The van der Waals surface area contributed by atoms with Crippen LogP contribution >= 0.6 is 27.5 Å². The summed E-state index contributed by atoms with van der Waals surface area (Å²) < 4.78 is 6.44. The Hall–Kier alpha value is -0.130. The van der Waals surface area contributed by atoms with Crippen LogP contribution in [0.25, 0.3) is 0 Å². The second-order valence-corrected chi connectivity index (χ2v) is 6.25. The van der Waals surface area contributed by atoms with Crippen LogP contribution in [0.1, 0.15) is 31.9 Å². The number of rotatable bonds is 10. The topological polar surface area (TPSA) is 24.5 Å². The number of benzene rings is 1. The third-order valence-electron chi connectivity index (χ3n) is 3.62. The molecule has 21 heavy (non-hydrogen) atoms. The van der Waals surface area contributed by atoms with E-state index in [1.807, 2.05) is 26.1 Å². The summed E-state index contributed by atoms with van der Waals surface area (Å²) in [4.78, 5) is 2.41. The zero-order valence-electron chi connectivity index (χ0n) is 13.2. The molecule has 1 rings (SSSR count). The monoisotopic (exact) mass is 376 g/mol. The highest BCUT2D eigenvalue weighted by Gasteiger charge is 2.14. The Kier molecular flexibility index (Phi) is 9.52. The van der Waals surface area contributed by atoms with Crippen molar-refractivity contribution in [2.75, 3.05) is 39.9 Å². The molecule has 0 amide bonds. The molecule has 0 heterocycles. The van der Waals surface area contributed by atoms with Crippen LogP contribution in [0.4, 0.5) is 0 Å². The molecule has 120 valence electrons. The molecule has 0 radical (unpaired) electrons. The highest BCUT2D eigenvalue weighted by atomic mass is 79.9. The maximum atomic E-state index is 6.35. The van der Waals surface area contributed by atoms with Crippen LogP contribution in [0.2, 0.25) is 5.02 Å². The summed E-state index contributed by atoms with van der Waals surface area (Å²) in [6.07, 6.45) is 1.03. The van der Waals surface area contributed by atoms with Gasteiger partial charge in [-0.05, 0) is 44.6 Å². The van der Waals surface area contributed by atoms with Crippen molar-refractivity contribution in [2.24, 2.45) is 0 Å². The van der Waals surface area contributed by atoms with Gasteiger partial charge in [-0.2, -0.15) is 0 Å². The average molecular weight is 378 g/mol. The van der Waals surface area contributed by atoms with Crippen molar-refractivity contribution >= 4 is 27.5 Å². The van der Waals surface area contributed by atoms with E-state index in [9.17, 15) is 0 Å². The van der Waals surface area contributed by atoms with Crippen molar-refractivity contribution in [3.8, 4) is 0 Å². The van der Waals surface area contributed by atoms with Crippen LogP contribution < -0.4 is 5.32 Å². The van der Waals surface area contributed by atoms with E-state index < -0.39 is 0 Å². The largest absolute Gasteiger partial charge is 0.380 e. The van der Waals surface area contributed by atoms with Crippen molar-refractivity contribution in [2.45, 2.75) is 26.3 Å². The lowest BCUT2D eigenvalue weighted by Gasteiger charge is -2.24.